The van der Waals surface area contributed by atoms with Crippen LogP contribution in [-0.4, -0.2) is 71.6 Å². The normalized spacial score (nSPS) is 32.4. The van der Waals surface area contributed by atoms with Gasteiger partial charge in [-0.2, -0.15) is 0 Å². The van der Waals surface area contributed by atoms with E-state index in [1.165, 1.54) is 77.8 Å². The summed E-state index contributed by atoms with van der Waals surface area (Å²) in [7, 11) is 0. The average molecular weight is 376 g/mol. The van der Waals surface area contributed by atoms with Gasteiger partial charge in [0.25, 0.3) is 0 Å². The quantitative estimate of drug-likeness (QED) is 0.705. The van der Waals surface area contributed by atoms with Crippen LogP contribution in [0.25, 0.3) is 0 Å². The Balaban J connectivity index is 1.21. The number of rotatable bonds is 2. The molecule has 4 aliphatic rings. The maximum absolute atomic E-state index is 2.88. The first-order valence-electron chi connectivity index (χ1n) is 11.8. The Morgan fingerprint density at radius 2 is 1.37 bits per heavy atom. The maximum atomic E-state index is 2.88. The van der Waals surface area contributed by atoms with E-state index in [0.717, 1.165) is 18.0 Å². The number of hydrogen-bond acceptors (Lipinski definition) is 3. The zero-order valence-electron chi connectivity index (χ0n) is 19.1. The van der Waals surface area contributed by atoms with Crippen LogP contribution in [-0.2, 0) is 0 Å². The second-order valence-electron chi connectivity index (χ2n) is 12.5. The van der Waals surface area contributed by atoms with Gasteiger partial charge in [-0.3, -0.25) is 9.80 Å². The molecule has 4 fully saturated rings. The first-order chi connectivity index (χ1) is 12.6. The molecule has 0 amide bonds. The fourth-order valence-corrected chi connectivity index (χ4v) is 6.25. The Bertz CT molecular complexity index is 507. The minimum Gasteiger partial charge on any atom is -0.300 e. The summed E-state index contributed by atoms with van der Waals surface area (Å²) in [6.45, 7) is 22.4. The largest absolute Gasteiger partial charge is 0.300 e. The molecule has 1 aliphatic carbocycles. The van der Waals surface area contributed by atoms with Gasteiger partial charge in [-0.25, -0.2) is 0 Å². The summed E-state index contributed by atoms with van der Waals surface area (Å²) in [5.41, 5.74) is 1.55. The molecule has 156 valence electrons. The number of piperidine rings is 2. The highest BCUT2D eigenvalue weighted by molar-refractivity contribution is 5.04. The average Bonchev–Trinajstić information content (AvgIpc) is 2.50. The van der Waals surface area contributed by atoms with Crippen molar-refractivity contribution in [2.24, 2.45) is 16.7 Å². The molecule has 0 bridgehead atoms. The fourth-order valence-electron chi connectivity index (χ4n) is 6.25. The zero-order valence-corrected chi connectivity index (χ0v) is 19.1. The molecule has 3 heterocycles. The van der Waals surface area contributed by atoms with Gasteiger partial charge < -0.3 is 4.90 Å². The highest BCUT2D eigenvalue weighted by atomic mass is 15.3. The van der Waals surface area contributed by atoms with E-state index in [1.54, 1.807) is 0 Å². The first kappa shape index (κ1) is 20.2. The van der Waals surface area contributed by atoms with Crippen LogP contribution >= 0.6 is 0 Å². The Morgan fingerprint density at radius 1 is 0.741 bits per heavy atom. The molecule has 3 nitrogen and oxygen atoms in total. The maximum Gasteiger partial charge on any atom is 0.0350 e. The minimum absolute atomic E-state index is 0.355. The Labute approximate surface area is 168 Å². The molecule has 0 radical (unpaired) electrons. The van der Waals surface area contributed by atoms with Gasteiger partial charge in [0.05, 0.1) is 0 Å². The van der Waals surface area contributed by atoms with Crippen LogP contribution in [0.1, 0.15) is 80.1 Å². The molecule has 3 saturated heterocycles. The molecule has 0 aromatic carbocycles. The van der Waals surface area contributed by atoms with Crippen LogP contribution in [0.2, 0.25) is 0 Å². The lowest BCUT2D eigenvalue weighted by Gasteiger charge is -2.59. The third-order valence-electron chi connectivity index (χ3n) is 8.72. The molecular weight excluding hydrogens is 330 g/mol. The SMILES string of the molecule is CC(C)(C)C1CCCN(C2CC3(CCN(C4CN(C(C)(C)C)C4)CC3)C2)C1. The van der Waals surface area contributed by atoms with Gasteiger partial charge in [0.15, 0.2) is 0 Å². The molecule has 0 N–H and O–H groups in total. The van der Waals surface area contributed by atoms with E-state index >= 15 is 0 Å². The summed E-state index contributed by atoms with van der Waals surface area (Å²) < 4.78 is 0. The third-order valence-corrected chi connectivity index (χ3v) is 8.72. The Kier molecular flexibility index (Phi) is 5.22. The van der Waals surface area contributed by atoms with Crippen molar-refractivity contribution in [2.75, 3.05) is 39.3 Å². The summed E-state index contributed by atoms with van der Waals surface area (Å²) in [4.78, 5) is 8.34. The second kappa shape index (κ2) is 6.99. The first-order valence-corrected chi connectivity index (χ1v) is 11.8. The van der Waals surface area contributed by atoms with E-state index in [-0.39, 0.29) is 0 Å². The lowest BCUT2D eigenvalue weighted by molar-refractivity contribution is -0.0879. The smallest absolute Gasteiger partial charge is 0.0350 e. The molecule has 0 aromatic heterocycles. The Hall–Kier alpha value is -0.120. The molecule has 3 heteroatoms. The van der Waals surface area contributed by atoms with Crippen molar-refractivity contribution in [2.45, 2.75) is 97.7 Å². The molecule has 1 atom stereocenters. The van der Waals surface area contributed by atoms with Gasteiger partial charge in [0.1, 0.15) is 0 Å². The molecule has 1 spiro atoms. The lowest BCUT2D eigenvalue weighted by Crippen LogP contribution is -2.66. The summed E-state index contributed by atoms with van der Waals surface area (Å²) in [6.07, 6.45) is 8.79. The van der Waals surface area contributed by atoms with E-state index in [1.807, 2.05) is 0 Å². The highest BCUT2D eigenvalue weighted by Crippen LogP contribution is 2.52. The summed E-state index contributed by atoms with van der Waals surface area (Å²) in [5, 5.41) is 0. The van der Waals surface area contributed by atoms with Gasteiger partial charge in [0, 0.05) is 37.3 Å². The standard InChI is InChI=1S/C24H45N3/c1-22(2,3)19-8-7-11-26(16-19)20-14-24(15-20)9-12-25(13-10-24)21-17-27(18-21)23(4,5)6/h19-21H,7-18H2,1-6H3. The molecule has 27 heavy (non-hydrogen) atoms. The fraction of sp³-hybridized carbons (Fsp3) is 1.00. The van der Waals surface area contributed by atoms with Crippen molar-refractivity contribution in [1.29, 1.82) is 0 Å². The summed E-state index contributed by atoms with van der Waals surface area (Å²) >= 11 is 0. The van der Waals surface area contributed by atoms with Crippen molar-refractivity contribution in [3.63, 3.8) is 0 Å². The third kappa shape index (κ3) is 4.12. The predicted octanol–water partition coefficient (Wildman–Crippen LogP) is 4.47. The molecule has 0 aromatic rings. The summed E-state index contributed by atoms with van der Waals surface area (Å²) in [5.74, 6) is 0.897. The van der Waals surface area contributed by atoms with Crippen LogP contribution in [0.5, 0.6) is 0 Å². The van der Waals surface area contributed by atoms with Crippen LogP contribution in [0.15, 0.2) is 0 Å². The van der Waals surface area contributed by atoms with Gasteiger partial charge in [-0.15, -0.1) is 0 Å². The second-order valence-corrected chi connectivity index (χ2v) is 12.5. The number of likely N-dealkylation sites (tertiary alicyclic amines) is 3. The van der Waals surface area contributed by atoms with E-state index in [2.05, 4.69) is 56.2 Å². The molecule has 1 saturated carbocycles. The van der Waals surface area contributed by atoms with Gasteiger partial charge >= 0.3 is 0 Å². The molecule has 1 unspecified atom stereocenters. The minimum atomic E-state index is 0.355. The topological polar surface area (TPSA) is 9.72 Å². The molecular formula is C24H45N3. The van der Waals surface area contributed by atoms with Crippen LogP contribution in [0.3, 0.4) is 0 Å². The van der Waals surface area contributed by atoms with Gasteiger partial charge in [-0.05, 0) is 95.7 Å². The van der Waals surface area contributed by atoms with Gasteiger partial charge in [0.2, 0.25) is 0 Å². The highest BCUT2D eigenvalue weighted by Gasteiger charge is 2.50. The van der Waals surface area contributed by atoms with E-state index in [9.17, 15) is 0 Å². The van der Waals surface area contributed by atoms with Crippen molar-refractivity contribution in [1.82, 2.24) is 14.7 Å². The van der Waals surface area contributed by atoms with Crippen LogP contribution in [0, 0.1) is 16.7 Å². The summed E-state index contributed by atoms with van der Waals surface area (Å²) in [6, 6.07) is 1.74. The monoisotopic (exact) mass is 375 g/mol. The van der Waals surface area contributed by atoms with Crippen molar-refractivity contribution in [3.05, 3.63) is 0 Å². The number of nitrogens with zero attached hydrogens (tertiary/aromatic N) is 3. The van der Waals surface area contributed by atoms with E-state index in [4.69, 9.17) is 0 Å². The van der Waals surface area contributed by atoms with Crippen molar-refractivity contribution in [3.8, 4) is 0 Å². The van der Waals surface area contributed by atoms with Crippen molar-refractivity contribution >= 4 is 0 Å². The molecule has 3 aliphatic heterocycles. The van der Waals surface area contributed by atoms with Crippen molar-refractivity contribution < 1.29 is 0 Å². The Morgan fingerprint density at radius 3 is 1.93 bits per heavy atom. The number of hydrogen-bond donors (Lipinski definition) is 0. The van der Waals surface area contributed by atoms with Crippen LogP contribution in [0.4, 0.5) is 0 Å². The van der Waals surface area contributed by atoms with E-state index < -0.39 is 0 Å². The lowest BCUT2D eigenvalue weighted by atomic mass is 9.59. The molecule has 4 rings (SSSR count). The van der Waals surface area contributed by atoms with E-state index in [0.29, 0.717) is 16.4 Å². The van der Waals surface area contributed by atoms with Crippen LogP contribution < -0.4 is 0 Å². The predicted molar refractivity (Wildman–Crippen MR) is 115 cm³/mol. The van der Waals surface area contributed by atoms with Gasteiger partial charge in [-0.1, -0.05) is 20.8 Å². The zero-order chi connectivity index (χ0) is 19.4.